The van der Waals surface area contributed by atoms with Crippen LogP contribution in [0.5, 0.6) is 0 Å². The minimum atomic E-state index is -0.932. The van der Waals surface area contributed by atoms with E-state index in [0.29, 0.717) is 36.4 Å². The van der Waals surface area contributed by atoms with Gasteiger partial charge in [0.15, 0.2) is 5.78 Å². The zero-order valence-electron chi connectivity index (χ0n) is 20.1. The molecule has 1 heterocycles. The maximum Gasteiger partial charge on any atom is 0.511 e. The normalized spacial score (nSPS) is 16.3. The maximum absolute atomic E-state index is 13.5. The van der Waals surface area contributed by atoms with E-state index in [4.69, 9.17) is 9.47 Å². The van der Waals surface area contributed by atoms with Crippen LogP contribution in [0.3, 0.4) is 0 Å². The van der Waals surface area contributed by atoms with E-state index >= 15 is 0 Å². The van der Waals surface area contributed by atoms with Gasteiger partial charge >= 0.3 is 6.16 Å². The van der Waals surface area contributed by atoms with Gasteiger partial charge < -0.3 is 19.5 Å². The molecule has 180 valence electrons. The Morgan fingerprint density at radius 2 is 1.88 bits per heavy atom. The molecule has 2 aromatic rings. The molecule has 1 aliphatic carbocycles. The van der Waals surface area contributed by atoms with Crippen molar-refractivity contribution in [3.05, 3.63) is 70.2 Å². The molecule has 1 aliphatic rings. The van der Waals surface area contributed by atoms with Crippen molar-refractivity contribution >= 4 is 23.4 Å². The Hall–Kier alpha value is -3.68. The highest BCUT2D eigenvalue weighted by Crippen LogP contribution is 2.40. The maximum atomic E-state index is 13.5. The van der Waals surface area contributed by atoms with Crippen LogP contribution in [0.1, 0.15) is 52.5 Å². The van der Waals surface area contributed by atoms with Gasteiger partial charge in [0, 0.05) is 32.0 Å². The Kier molecular flexibility index (Phi) is 8.04. The monoisotopic (exact) mass is 466 g/mol. The van der Waals surface area contributed by atoms with Crippen molar-refractivity contribution in [2.45, 2.75) is 46.8 Å². The van der Waals surface area contributed by atoms with E-state index in [1.54, 1.807) is 31.3 Å². The summed E-state index contributed by atoms with van der Waals surface area (Å²) < 4.78 is 15.5. The molecule has 1 amide bonds. The molecule has 8 heteroatoms. The summed E-state index contributed by atoms with van der Waals surface area (Å²) in [7, 11) is 1.22. The highest BCUT2D eigenvalue weighted by Gasteiger charge is 2.37. The first-order valence-electron chi connectivity index (χ1n) is 11.2. The summed E-state index contributed by atoms with van der Waals surface area (Å²) in [5.74, 6) is -0.250. The first-order valence-corrected chi connectivity index (χ1v) is 11.2. The van der Waals surface area contributed by atoms with E-state index in [1.807, 2.05) is 32.9 Å². The smallest absolute Gasteiger partial charge is 0.458 e. The number of methoxy groups -OCH3 is 1. The Labute approximate surface area is 199 Å². The van der Waals surface area contributed by atoms with Crippen LogP contribution >= 0.6 is 0 Å². The van der Waals surface area contributed by atoms with Gasteiger partial charge in [0.05, 0.1) is 12.7 Å². The molecule has 0 spiro atoms. The Balaban J connectivity index is 1.79. The zero-order valence-corrected chi connectivity index (χ0v) is 20.1. The van der Waals surface area contributed by atoms with Gasteiger partial charge in [-0.15, -0.1) is 0 Å². The van der Waals surface area contributed by atoms with E-state index in [-0.39, 0.29) is 17.6 Å². The summed E-state index contributed by atoms with van der Waals surface area (Å²) in [6, 6.07) is 9.16. The number of aryl methyl sites for hydroxylation is 3. The molecule has 8 nitrogen and oxygen atoms in total. The Morgan fingerprint density at radius 3 is 2.50 bits per heavy atom. The van der Waals surface area contributed by atoms with Crippen molar-refractivity contribution in [2.24, 2.45) is 5.92 Å². The lowest BCUT2D eigenvalue weighted by molar-refractivity contribution is -0.116. The summed E-state index contributed by atoms with van der Waals surface area (Å²) in [4.78, 5) is 41.3. The van der Waals surface area contributed by atoms with Gasteiger partial charge in [-0.2, -0.15) is 0 Å². The van der Waals surface area contributed by atoms with E-state index in [9.17, 15) is 14.4 Å². The second-order valence-corrected chi connectivity index (χ2v) is 8.35. The second kappa shape index (κ2) is 11.0. The predicted octanol–water partition coefficient (Wildman–Crippen LogP) is 4.27. The molecule has 1 aromatic heterocycles. The average molecular weight is 467 g/mol. The third-order valence-electron chi connectivity index (χ3n) is 5.67. The van der Waals surface area contributed by atoms with Crippen LogP contribution in [-0.4, -0.2) is 42.8 Å². The number of hydrogen-bond donors (Lipinski definition) is 1. The molecule has 0 aliphatic heterocycles. The zero-order chi connectivity index (χ0) is 24.8. The first-order chi connectivity index (χ1) is 16.2. The third-order valence-corrected chi connectivity index (χ3v) is 5.67. The number of rotatable bonds is 8. The summed E-state index contributed by atoms with van der Waals surface area (Å²) in [6.45, 7) is 7.81. The van der Waals surface area contributed by atoms with E-state index in [2.05, 4.69) is 15.0 Å². The van der Waals surface area contributed by atoms with Crippen LogP contribution in [-0.2, 0) is 19.0 Å². The lowest BCUT2D eigenvalue weighted by Gasteiger charge is -2.18. The molecule has 2 unspecified atom stereocenters. The van der Waals surface area contributed by atoms with Crippen molar-refractivity contribution in [3.8, 4) is 0 Å². The number of pyridine rings is 1. The molecule has 0 saturated carbocycles. The van der Waals surface area contributed by atoms with Gasteiger partial charge in [-0.25, -0.2) is 4.79 Å². The number of ether oxygens (including phenoxy) is 3. The van der Waals surface area contributed by atoms with Gasteiger partial charge in [0.2, 0.25) is 6.29 Å². The first kappa shape index (κ1) is 25.0. The fourth-order valence-corrected chi connectivity index (χ4v) is 4.29. The van der Waals surface area contributed by atoms with Crippen molar-refractivity contribution in [1.29, 1.82) is 0 Å². The third kappa shape index (κ3) is 5.81. The molecular weight excluding hydrogens is 436 g/mol. The molecule has 1 N–H and O–H groups in total. The van der Waals surface area contributed by atoms with Crippen molar-refractivity contribution in [1.82, 2.24) is 10.3 Å². The molecule has 1 aromatic carbocycles. The number of nitrogens with zero attached hydrogens (tertiary/aromatic N) is 1. The van der Waals surface area contributed by atoms with Crippen LogP contribution in [0.4, 0.5) is 4.79 Å². The SMILES string of the molecule is COC(=O)OC(C)OC1=C(c2c(C)cc(C)cc2C)C(=O)C(CCNC(=O)c2ccccn2)C1. The number of carbonyl (C=O) groups is 3. The largest absolute Gasteiger partial charge is 0.511 e. The molecule has 0 saturated heterocycles. The van der Waals surface area contributed by atoms with Crippen molar-refractivity contribution < 1.29 is 28.6 Å². The number of carbonyl (C=O) groups excluding carboxylic acids is 3. The molecular formula is C26H30N2O6. The topological polar surface area (TPSA) is 104 Å². The average Bonchev–Trinajstić information content (AvgIpc) is 3.08. The summed E-state index contributed by atoms with van der Waals surface area (Å²) in [5.41, 5.74) is 4.68. The highest BCUT2D eigenvalue weighted by molar-refractivity contribution is 6.25. The van der Waals surface area contributed by atoms with Crippen LogP contribution < -0.4 is 5.32 Å². The number of amides is 1. The standard InChI is InChI=1S/C26H30N2O6/c1-15-12-16(2)22(17(3)13-15)23-21(33-18(4)34-26(31)32-5)14-19(24(23)29)9-11-28-25(30)20-8-6-7-10-27-20/h6-8,10,12-13,18-19H,9,11,14H2,1-5H3,(H,28,30). The molecule has 0 fully saturated rings. The van der Waals surface area contributed by atoms with Crippen LogP contribution in [0.25, 0.3) is 5.57 Å². The van der Waals surface area contributed by atoms with Gasteiger partial charge in [-0.05, 0) is 56.0 Å². The fourth-order valence-electron chi connectivity index (χ4n) is 4.29. The van der Waals surface area contributed by atoms with E-state index in [1.165, 1.54) is 7.11 Å². The number of aromatic nitrogens is 1. The van der Waals surface area contributed by atoms with Crippen LogP contribution in [0, 0.1) is 26.7 Å². The van der Waals surface area contributed by atoms with Crippen LogP contribution in [0.15, 0.2) is 42.3 Å². The van der Waals surface area contributed by atoms with Gasteiger partial charge in [-0.1, -0.05) is 23.8 Å². The quantitative estimate of drug-likeness (QED) is 0.458. The number of benzene rings is 1. The van der Waals surface area contributed by atoms with Gasteiger partial charge in [-0.3, -0.25) is 14.6 Å². The number of hydrogen-bond acceptors (Lipinski definition) is 7. The lowest BCUT2D eigenvalue weighted by Crippen LogP contribution is -2.27. The molecule has 3 rings (SSSR count). The Morgan fingerprint density at radius 1 is 1.18 bits per heavy atom. The van der Waals surface area contributed by atoms with E-state index in [0.717, 1.165) is 22.3 Å². The number of ketones is 1. The molecule has 0 bridgehead atoms. The summed E-state index contributed by atoms with van der Waals surface area (Å²) in [6.07, 6.45) is 0.535. The van der Waals surface area contributed by atoms with Crippen molar-refractivity contribution in [3.63, 3.8) is 0 Å². The van der Waals surface area contributed by atoms with Crippen LogP contribution in [0.2, 0.25) is 0 Å². The summed E-state index contributed by atoms with van der Waals surface area (Å²) >= 11 is 0. The van der Waals surface area contributed by atoms with Crippen molar-refractivity contribution in [2.75, 3.05) is 13.7 Å². The number of allylic oxidation sites excluding steroid dienone is 2. The van der Waals surface area contributed by atoms with Gasteiger partial charge in [0.25, 0.3) is 5.91 Å². The minimum absolute atomic E-state index is 0.0533. The molecule has 0 radical (unpaired) electrons. The fraction of sp³-hybridized carbons (Fsp3) is 0.385. The highest BCUT2D eigenvalue weighted by atomic mass is 16.8. The lowest BCUT2D eigenvalue weighted by atomic mass is 9.90. The van der Waals surface area contributed by atoms with Gasteiger partial charge in [0.1, 0.15) is 11.5 Å². The predicted molar refractivity (Wildman–Crippen MR) is 126 cm³/mol. The second-order valence-electron chi connectivity index (χ2n) is 8.35. The summed E-state index contributed by atoms with van der Waals surface area (Å²) in [5, 5.41) is 2.82. The minimum Gasteiger partial charge on any atom is -0.458 e. The molecule has 2 atom stereocenters. The molecule has 34 heavy (non-hydrogen) atoms. The number of Topliss-reactive ketones (excluding diaryl/α,β-unsaturated/α-hetero) is 1. The Bertz CT molecular complexity index is 1090. The number of nitrogens with one attached hydrogen (secondary N) is 1. The van der Waals surface area contributed by atoms with E-state index < -0.39 is 12.4 Å².